The van der Waals surface area contributed by atoms with Gasteiger partial charge < -0.3 is 15.1 Å². The molecule has 2 aliphatic heterocycles. The Bertz CT molecular complexity index is 868. The van der Waals surface area contributed by atoms with E-state index in [0.717, 1.165) is 45.3 Å². The number of carbonyl (C=O) groups excluding carboxylic acids is 1. The molecule has 0 aliphatic carbocycles. The average Bonchev–Trinajstić information content (AvgIpc) is 2.80. The van der Waals surface area contributed by atoms with Crippen molar-refractivity contribution in [3.8, 4) is 0 Å². The van der Waals surface area contributed by atoms with Crippen molar-refractivity contribution in [2.75, 3.05) is 37.6 Å². The number of hydrogen-bond acceptors (Lipinski definition) is 3. The molecule has 0 atom stereocenters. The largest absolute Gasteiger partial charge is 0.371 e. The molecule has 2 saturated heterocycles. The smallest absolute Gasteiger partial charge is 0.317 e. The number of carbonyl (C=O) groups is 1. The van der Waals surface area contributed by atoms with Gasteiger partial charge in [0.15, 0.2) is 0 Å². The van der Waals surface area contributed by atoms with Crippen LogP contribution in [0.3, 0.4) is 0 Å². The molecule has 0 spiro atoms. The molecule has 6 heteroatoms. The number of urea groups is 1. The zero-order chi connectivity index (χ0) is 20.8. The monoisotopic (exact) mass is 408 g/mol. The van der Waals surface area contributed by atoms with Crippen molar-refractivity contribution >= 4 is 17.8 Å². The molecule has 30 heavy (non-hydrogen) atoms. The van der Waals surface area contributed by atoms with E-state index in [0.29, 0.717) is 24.6 Å². The lowest BCUT2D eigenvalue weighted by Gasteiger charge is -2.34. The van der Waals surface area contributed by atoms with E-state index in [2.05, 4.69) is 15.2 Å². The highest BCUT2D eigenvalue weighted by atomic mass is 19.1. The Morgan fingerprint density at radius 2 is 1.77 bits per heavy atom. The molecule has 0 radical (unpaired) electrons. The first kappa shape index (κ1) is 20.4. The standard InChI is InChI=1S/C24H29FN4O/c25-23-4-2-1-3-21(23)17-19-7-15-29(16-8-19)24(30)27-18-20-9-13-28(14-10-20)22-5-11-26-12-6-22/h1-6,11-12,17,20H,7-10,13-16,18H2,(H,27,30). The number of piperidine rings is 2. The fourth-order valence-corrected chi connectivity index (χ4v) is 4.25. The summed E-state index contributed by atoms with van der Waals surface area (Å²) in [7, 11) is 0. The lowest BCUT2D eigenvalue weighted by atomic mass is 9.96. The van der Waals surface area contributed by atoms with Crippen LogP contribution in [0.2, 0.25) is 0 Å². The van der Waals surface area contributed by atoms with Crippen LogP contribution in [-0.4, -0.2) is 48.6 Å². The Labute approximate surface area is 177 Å². The maximum atomic E-state index is 13.8. The van der Waals surface area contributed by atoms with Gasteiger partial charge in [-0.05, 0) is 49.8 Å². The lowest BCUT2D eigenvalue weighted by molar-refractivity contribution is 0.191. The van der Waals surface area contributed by atoms with E-state index in [9.17, 15) is 9.18 Å². The fourth-order valence-electron chi connectivity index (χ4n) is 4.25. The van der Waals surface area contributed by atoms with Crippen molar-refractivity contribution in [1.29, 1.82) is 0 Å². The minimum Gasteiger partial charge on any atom is -0.371 e. The SMILES string of the molecule is O=C(NCC1CCN(c2ccncc2)CC1)N1CCC(=Cc2ccccc2F)CC1. The normalized spacial score (nSPS) is 17.7. The van der Waals surface area contributed by atoms with Gasteiger partial charge in [0, 0.05) is 56.4 Å². The number of likely N-dealkylation sites (tertiary alicyclic amines) is 1. The van der Waals surface area contributed by atoms with E-state index in [-0.39, 0.29) is 11.8 Å². The van der Waals surface area contributed by atoms with Crippen molar-refractivity contribution in [2.45, 2.75) is 25.7 Å². The lowest BCUT2D eigenvalue weighted by Crippen LogP contribution is -2.46. The molecule has 2 amide bonds. The third-order valence-electron chi connectivity index (χ3n) is 6.14. The summed E-state index contributed by atoms with van der Waals surface area (Å²) >= 11 is 0. The molecule has 0 unspecified atom stereocenters. The fraction of sp³-hybridized carbons (Fsp3) is 0.417. The summed E-state index contributed by atoms with van der Waals surface area (Å²) in [5, 5.41) is 3.13. The molecule has 3 heterocycles. The van der Waals surface area contributed by atoms with Crippen LogP contribution in [0, 0.1) is 11.7 Å². The number of amides is 2. The average molecular weight is 409 g/mol. The third kappa shape index (κ3) is 5.17. The van der Waals surface area contributed by atoms with Crippen molar-refractivity contribution in [2.24, 2.45) is 5.92 Å². The van der Waals surface area contributed by atoms with Crippen LogP contribution in [0.4, 0.5) is 14.9 Å². The molecule has 1 aromatic heterocycles. The van der Waals surface area contributed by atoms with Crippen LogP contribution in [0.15, 0.2) is 54.4 Å². The molecule has 1 aromatic carbocycles. The summed E-state index contributed by atoms with van der Waals surface area (Å²) in [6.07, 6.45) is 9.35. The summed E-state index contributed by atoms with van der Waals surface area (Å²) < 4.78 is 13.8. The van der Waals surface area contributed by atoms with Gasteiger partial charge in [0.1, 0.15) is 5.82 Å². The first-order chi connectivity index (χ1) is 14.7. The van der Waals surface area contributed by atoms with Crippen LogP contribution in [0.1, 0.15) is 31.2 Å². The number of anilines is 1. The number of halogens is 1. The Kier molecular flexibility index (Phi) is 6.62. The summed E-state index contributed by atoms with van der Waals surface area (Å²) in [6.45, 7) is 4.13. The van der Waals surface area contributed by atoms with Gasteiger partial charge in [-0.25, -0.2) is 9.18 Å². The second-order valence-corrected chi connectivity index (χ2v) is 8.13. The maximum Gasteiger partial charge on any atom is 0.317 e. The second-order valence-electron chi connectivity index (χ2n) is 8.13. The number of aromatic nitrogens is 1. The first-order valence-electron chi connectivity index (χ1n) is 10.8. The van der Waals surface area contributed by atoms with Crippen molar-refractivity contribution in [3.63, 3.8) is 0 Å². The van der Waals surface area contributed by atoms with Crippen LogP contribution in [-0.2, 0) is 0 Å². The molecule has 2 aliphatic rings. The number of nitrogens with zero attached hydrogens (tertiary/aromatic N) is 3. The molecular formula is C24H29FN4O. The zero-order valence-electron chi connectivity index (χ0n) is 17.3. The first-order valence-corrected chi connectivity index (χ1v) is 10.8. The number of benzene rings is 1. The Morgan fingerprint density at radius 3 is 2.47 bits per heavy atom. The van der Waals surface area contributed by atoms with Crippen molar-refractivity contribution in [3.05, 3.63) is 65.7 Å². The summed E-state index contributed by atoms with van der Waals surface area (Å²) in [5.41, 5.74) is 3.05. The molecule has 5 nitrogen and oxygen atoms in total. The highest BCUT2D eigenvalue weighted by Crippen LogP contribution is 2.23. The maximum absolute atomic E-state index is 13.8. The molecule has 1 N–H and O–H groups in total. The minimum atomic E-state index is -0.194. The van der Waals surface area contributed by atoms with Crippen LogP contribution in [0.25, 0.3) is 6.08 Å². The van der Waals surface area contributed by atoms with Crippen LogP contribution in [0.5, 0.6) is 0 Å². The zero-order valence-corrected chi connectivity index (χ0v) is 17.3. The topological polar surface area (TPSA) is 48.5 Å². The molecule has 2 aromatic rings. The van der Waals surface area contributed by atoms with E-state index < -0.39 is 0 Å². The number of pyridine rings is 1. The predicted octanol–water partition coefficient (Wildman–Crippen LogP) is 4.33. The van der Waals surface area contributed by atoms with Gasteiger partial charge in [0.2, 0.25) is 0 Å². The molecule has 2 fully saturated rings. The third-order valence-corrected chi connectivity index (χ3v) is 6.14. The van der Waals surface area contributed by atoms with Gasteiger partial charge in [-0.15, -0.1) is 0 Å². The van der Waals surface area contributed by atoms with E-state index in [1.54, 1.807) is 12.1 Å². The van der Waals surface area contributed by atoms with E-state index in [1.165, 1.54) is 17.3 Å². The number of nitrogens with one attached hydrogen (secondary N) is 1. The van der Waals surface area contributed by atoms with Gasteiger partial charge >= 0.3 is 6.03 Å². The van der Waals surface area contributed by atoms with E-state index in [4.69, 9.17) is 0 Å². The Hall–Kier alpha value is -2.89. The quantitative estimate of drug-likeness (QED) is 0.819. The van der Waals surface area contributed by atoms with Gasteiger partial charge in [-0.2, -0.15) is 0 Å². The van der Waals surface area contributed by atoms with Gasteiger partial charge in [-0.1, -0.05) is 29.8 Å². The van der Waals surface area contributed by atoms with Gasteiger partial charge in [-0.3, -0.25) is 4.98 Å². The molecule has 4 rings (SSSR count). The molecular weight excluding hydrogens is 379 g/mol. The second kappa shape index (κ2) is 9.74. The highest BCUT2D eigenvalue weighted by Gasteiger charge is 2.23. The van der Waals surface area contributed by atoms with Crippen molar-refractivity contribution in [1.82, 2.24) is 15.2 Å². The summed E-state index contributed by atoms with van der Waals surface area (Å²) in [4.78, 5) is 20.9. The van der Waals surface area contributed by atoms with Gasteiger partial charge in [0.05, 0.1) is 0 Å². The van der Waals surface area contributed by atoms with Crippen molar-refractivity contribution < 1.29 is 9.18 Å². The van der Waals surface area contributed by atoms with E-state index >= 15 is 0 Å². The number of rotatable bonds is 4. The predicted molar refractivity (Wildman–Crippen MR) is 118 cm³/mol. The molecule has 0 saturated carbocycles. The van der Waals surface area contributed by atoms with Gasteiger partial charge in [0.25, 0.3) is 0 Å². The molecule has 0 bridgehead atoms. The minimum absolute atomic E-state index is 0.0245. The number of hydrogen-bond donors (Lipinski definition) is 1. The Balaban J connectivity index is 1.19. The van der Waals surface area contributed by atoms with Crippen LogP contribution < -0.4 is 10.2 Å². The molecule has 158 valence electrons. The van der Waals surface area contributed by atoms with Crippen LogP contribution >= 0.6 is 0 Å². The summed E-state index contributed by atoms with van der Waals surface area (Å²) in [5.74, 6) is 0.327. The van der Waals surface area contributed by atoms with E-state index in [1.807, 2.05) is 41.6 Å². The highest BCUT2D eigenvalue weighted by molar-refractivity contribution is 5.74. The Morgan fingerprint density at radius 1 is 1.07 bits per heavy atom. The summed E-state index contributed by atoms with van der Waals surface area (Å²) in [6, 6.07) is 10.9.